The number of likely N-dealkylation sites (tertiary alicyclic amines) is 1. The number of aliphatic hydroxyl groups excluding tert-OH is 1. The molecule has 2 N–H and O–H groups in total. The SMILES string of the molecule is C[C@@H](/C=C/CC(=O)N1CCC[C@H]1CO)[C@]1(O)C(=O)N(Cc2ccc(N3C(=O)c4ccccc4Oc4ccccc43)cc2)c2ccc(N3C(=O)c4ccccc4Oc4ccccc43)cc21. The largest absolute Gasteiger partial charge is 0.454 e. The number of carbonyl (C=O) groups is 4. The van der Waals surface area contributed by atoms with Gasteiger partial charge in [-0.25, -0.2) is 0 Å². The molecule has 4 aliphatic heterocycles. The molecular formula is C52H44N4O8. The minimum Gasteiger partial charge on any atom is -0.454 e. The zero-order valence-electron chi connectivity index (χ0n) is 35.0. The summed E-state index contributed by atoms with van der Waals surface area (Å²) in [7, 11) is 0. The van der Waals surface area contributed by atoms with Crippen molar-refractivity contribution in [2.24, 2.45) is 5.92 Å². The van der Waals surface area contributed by atoms with E-state index in [0.717, 1.165) is 18.4 Å². The first-order chi connectivity index (χ1) is 31.1. The smallest absolute Gasteiger partial charge is 0.266 e. The van der Waals surface area contributed by atoms with E-state index in [2.05, 4.69) is 0 Å². The van der Waals surface area contributed by atoms with Gasteiger partial charge in [0.2, 0.25) is 5.91 Å². The van der Waals surface area contributed by atoms with E-state index in [1.165, 1.54) is 9.80 Å². The van der Waals surface area contributed by atoms with Gasteiger partial charge in [0.05, 0.1) is 47.4 Å². The highest BCUT2D eigenvalue weighted by Crippen LogP contribution is 2.50. The third-order valence-electron chi connectivity index (χ3n) is 12.6. The number of aliphatic hydroxyl groups is 2. The molecule has 0 unspecified atom stereocenters. The first kappa shape index (κ1) is 40.5. The first-order valence-electron chi connectivity index (χ1n) is 21.4. The quantitative estimate of drug-likeness (QED) is 0.137. The van der Waals surface area contributed by atoms with Gasteiger partial charge in [0.15, 0.2) is 17.1 Å². The molecule has 4 heterocycles. The van der Waals surface area contributed by atoms with E-state index < -0.39 is 17.4 Å². The number of para-hydroxylation sites is 6. The summed E-state index contributed by atoms with van der Waals surface area (Å²) in [5.74, 6) is -0.282. The minimum absolute atomic E-state index is 0.0360. The maximum Gasteiger partial charge on any atom is 0.266 e. The fourth-order valence-corrected chi connectivity index (χ4v) is 9.28. The van der Waals surface area contributed by atoms with Crippen LogP contribution in [0.15, 0.2) is 152 Å². The molecule has 12 nitrogen and oxygen atoms in total. The van der Waals surface area contributed by atoms with Gasteiger partial charge in [0.25, 0.3) is 17.7 Å². The highest BCUT2D eigenvalue weighted by atomic mass is 16.5. The molecule has 320 valence electrons. The van der Waals surface area contributed by atoms with E-state index in [4.69, 9.17) is 9.47 Å². The molecule has 1 fully saturated rings. The van der Waals surface area contributed by atoms with Crippen molar-refractivity contribution in [3.05, 3.63) is 174 Å². The summed E-state index contributed by atoms with van der Waals surface area (Å²) in [5, 5.41) is 22.7. The van der Waals surface area contributed by atoms with Gasteiger partial charge in [-0.15, -0.1) is 0 Å². The Morgan fingerprint density at radius 1 is 0.719 bits per heavy atom. The lowest BCUT2D eigenvalue weighted by atomic mass is 9.82. The Hall–Kier alpha value is -7.54. The normalized spacial score (nSPS) is 19.2. The number of rotatable bonds is 9. The fourth-order valence-electron chi connectivity index (χ4n) is 9.28. The Kier molecular flexibility index (Phi) is 10.3. The van der Waals surface area contributed by atoms with Gasteiger partial charge in [-0.2, -0.15) is 0 Å². The second-order valence-corrected chi connectivity index (χ2v) is 16.4. The lowest BCUT2D eigenvalue weighted by molar-refractivity contribution is -0.139. The highest BCUT2D eigenvalue weighted by Gasteiger charge is 2.53. The third kappa shape index (κ3) is 6.78. The lowest BCUT2D eigenvalue weighted by Crippen LogP contribution is -2.44. The van der Waals surface area contributed by atoms with Crippen LogP contribution in [0.1, 0.15) is 58.0 Å². The number of nitrogens with zero attached hydrogens (tertiary/aromatic N) is 4. The summed E-state index contributed by atoms with van der Waals surface area (Å²) in [5.41, 5.74) is 2.22. The second kappa shape index (κ2) is 16.3. The van der Waals surface area contributed by atoms with Crippen molar-refractivity contribution >= 4 is 52.1 Å². The molecule has 3 atom stereocenters. The number of hydrogen-bond donors (Lipinski definition) is 2. The van der Waals surface area contributed by atoms with Crippen molar-refractivity contribution in [1.29, 1.82) is 0 Å². The van der Waals surface area contributed by atoms with Crippen LogP contribution in [-0.4, -0.2) is 57.9 Å². The summed E-state index contributed by atoms with van der Waals surface area (Å²) in [6.07, 6.45) is 4.95. The van der Waals surface area contributed by atoms with Crippen LogP contribution in [-0.2, 0) is 21.7 Å². The van der Waals surface area contributed by atoms with Crippen LogP contribution in [0, 0.1) is 5.92 Å². The summed E-state index contributed by atoms with van der Waals surface area (Å²) < 4.78 is 12.4. The molecule has 0 saturated carbocycles. The van der Waals surface area contributed by atoms with E-state index in [0.29, 0.717) is 74.7 Å². The van der Waals surface area contributed by atoms with Gasteiger partial charge in [0.1, 0.15) is 11.5 Å². The van der Waals surface area contributed by atoms with Crippen LogP contribution in [0.4, 0.5) is 28.4 Å². The predicted molar refractivity (Wildman–Crippen MR) is 242 cm³/mol. The molecule has 0 spiro atoms. The van der Waals surface area contributed by atoms with Gasteiger partial charge < -0.3 is 29.5 Å². The number of ether oxygens (including phenoxy) is 2. The molecule has 10 rings (SSSR count). The van der Waals surface area contributed by atoms with Crippen LogP contribution >= 0.6 is 0 Å². The molecule has 6 aromatic carbocycles. The topological polar surface area (TPSA) is 140 Å². The van der Waals surface area contributed by atoms with Crippen LogP contribution in [0.2, 0.25) is 0 Å². The number of carbonyl (C=O) groups excluding carboxylic acids is 4. The Morgan fingerprint density at radius 3 is 1.88 bits per heavy atom. The third-order valence-corrected chi connectivity index (χ3v) is 12.6. The molecule has 0 radical (unpaired) electrons. The zero-order chi connectivity index (χ0) is 44.1. The van der Waals surface area contributed by atoms with Gasteiger partial charge in [-0.3, -0.25) is 29.0 Å². The van der Waals surface area contributed by atoms with Crippen LogP contribution < -0.4 is 24.2 Å². The molecule has 1 saturated heterocycles. The Morgan fingerprint density at radius 2 is 1.27 bits per heavy atom. The number of hydrogen-bond acceptors (Lipinski definition) is 8. The van der Waals surface area contributed by atoms with Crippen molar-refractivity contribution < 1.29 is 38.9 Å². The van der Waals surface area contributed by atoms with Gasteiger partial charge in [0, 0.05) is 35.8 Å². The summed E-state index contributed by atoms with van der Waals surface area (Å²) in [6, 6.07) is 41.0. The Bertz CT molecular complexity index is 2880. The molecule has 0 aromatic heterocycles. The molecule has 12 heteroatoms. The van der Waals surface area contributed by atoms with E-state index in [1.54, 1.807) is 102 Å². The summed E-state index contributed by atoms with van der Waals surface area (Å²) >= 11 is 0. The molecule has 4 aliphatic rings. The Balaban J connectivity index is 1.01. The molecule has 4 amide bonds. The highest BCUT2D eigenvalue weighted by molar-refractivity contribution is 6.16. The fraction of sp³-hybridized carbons (Fsp3) is 0.192. The van der Waals surface area contributed by atoms with Crippen LogP contribution in [0.5, 0.6) is 23.0 Å². The molecule has 64 heavy (non-hydrogen) atoms. The monoisotopic (exact) mass is 852 g/mol. The van der Waals surface area contributed by atoms with Crippen LogP contribution in [0.3, 0.4) is 0 Å². The summed E-state index contributed by atoms with van der Waals surface area (Å²) in [6.45, 7) is 2.27. The number of fused-ring (bicyclic) bond motifs is 5. The van der Waals surface area contributed by atoms with E-state index in [1.807, 2.05) is 66.7 Å². The molecule has 0 bridgehead atoms. The predicted octanol–water partition coefficient (Wildman–Crippen LogP) is 9.16. The maximum atomic E-state index is 14.9. The lowest BCUT2D eigenvalue weighted by Gasteiger charge is -2.29. The second-order valence-electron chi connectivity index (χ2n) is 16.4. The molecular weight excluding hydrogens is 809 g/mol. The molecule has 6 aromatic rings. The first-order valence-corrected chi connectivity index (χ1v) is 21.4. The number of benzene rings is 6. The maximum absolute atomic E-state index is 14.9. The minimum atomic E-state index is -2.11. The van der Waals surface area contributed by atoms with Crippen molar-refractivity contribution in [2.45, 2.75) is 44.4 Å². The van der Waals surface area contributed by atoms with Crippen molar-refractivity contribution in [3.63, 3.8) is 0 Å². The van der Waals surface area contributed by atoms with Crippen molar-refractivity contribution in [1.82, 2.24) is 4.90 Å². The van der Waals surface area contributed by atoms with Gasteiger partial charge in [-0.05, 0) is 97.3 Å². The van der Waals surface area contributed by atoms with E-state index >= 15 is 0 Å². The molecule has 0 aliphatic carbocycles. The standard InChI is InChI=1S/C52H44N4O8/c1-33(12-10-22-48(58)53-29-11-13-37(53)32-57)52(62)40-30-36(56-43-17-5-9-21-47(43)64-45-19-7-3-15-39(45)50(56)60)27-28-41(40)54(51(52)61)31-34-23-25-35(26-24-34)55-42-16-4-8-20-46(42)63-44-18-6-2-14-38(44)49(55)59/h2-10,12,14-21,23-28,30,33,37,57,62H,11,13,22,29,31-32H2,1H3/b12-10+/t33-,37-,52+/m0/s1. The number of anilines is 5. The average Bonchev–Trinajstić information content (AvgIpc) is 3.81. The number of amides is 4. The van der Waals surface area contributed by atoms with Gasteiger partial charge in [-0.1, -0.05) is 79.7 Å². The van der Waals surface area contributed by atoms with Crippen LogP contribution in [0.25, 0.3) is 0 Å². The Labute approximate surface area is 369 Å². The zero-order valence-corrected chi connectivity index (χ0v) is 35.0. The summed E-state index contributed by atoms with van der Waals surface area (Å²) in [4.78, 5) is 63.0. The van der Waals surface area contributed by atoms with Crippen molar-refractivity contribution in [3.8, 4) is 23.0 Å². The van der Waals surface area contributed by atoms with E-state index in [-0.39, 0.29) is 43.3 Å². The van der Waals surface area contributed by atoms with Crippen molar-refractivity contribution in [2.75, 3.05) is 27.9 Å². The van der Waals surface area contributed by atoms with E-state index in [9.17, 15) is 29.4 Å². The van der Waals surface area contributed by atoms with Gasteiger partial charge >= 0.3 is 0 Å². The average molecular weight is 853 g/mol.